The molecular formula is C10H20N2O5S. The van der Waals surface area contributed by atoms with E-state index in [4.69, 9.17) is 10.2 Å². The molecule has 0 radical (unpaired) electrons. The number of piperazine rings is 1. The van der Waals surface area contributed by atoms with E-state index >= 15 is 0 Å². The van der Waals surface area contributed by atoms with Crippen molar-refractivity contribution in [1.82, 2.24) is 10.2 Å². The molecule has 0 saturated carbocycles. The zero-order valence-corrected chi connectivity index (χ0v) is 11.0. The third-order valence-corrected chi connectivity index (χ3v) is 4.47. The fourth-order valence-corrected chi connectivity index (χ4v) is 3.09. The van der Waals surface area contributed by atoms with Crippen molar-refractivity contribution in [3.05, 3.63) is 0 Å². The third-order valence-electron chi connectivity index (χ3n) is 2.75. The average Bonchev–Trinajstić information content (AvgIpc) is 2.36. The lowest BCUT2D eigenvalue weighted by Crippen LogP contribution is -2.46. The number of hydrogen-bond donors (Lipinski definition) is 3. The highest BCUT2D eigenvalue weighted by atomic mass is 32.2. The number of carbonyl (C=O) groups is 1. The molecule has 1 saturated heterocycles. The Morgan fingerprint density at radius 1 is 1.33 bits per heavy atom. The summed E-state index contributed by atoms with van der Waals surface area (Å²) in [7, 11) is -3.50. The highest BCUT2D eigenvalue weighted by Gasteiger charge is 2.21. The van der Waals surface area contributed by atoms with Gasteiger partial charge in [-0.3, -0.25) is 4.79 Å². The Bertz CT molecular complexity index is 364. The van der Waals surface area contributed by atoms with E-state index in [0.29, 0.717) is 13.1 Å². The molecule has 1 fully saturated rings. The number of nitrogens with one attached hydrogen (secondary N) is 1. The first-order chi connectivity index (χ1) is 8.44. The molecule has 3 N–H and O–H groups in total. The van der Waals surface area contributed by atoms with Crippen molar-refractivity contribution in [3.63, 3.8) is 0 Å². The van der Waals surface area contributed by atoms with Crippen LogP contribution in [0.4, 0.5) is 0 Å². The largest absolute Gasteiger partial charge is 0.394 e. The molecule has 8 heteroatoms. The summed E-state index contributed by atoms with van der Waals surface area (Å²) in [4.78, 5) is 13.4. The molecular weight excluding hydrogens is 260 g/mol. The number of amides is 1. The van der Waals surface area contributed by atoms with Crippen LogP contribution in [0.25, 0.3) is 0 Å². The van der Waals surface area contributed by atoms with Gasteiger partial charge in [0, 0.05) is 32.6 Å². The standard InChI is InChI=1S/C10H20N2O5S/c13-7-9(14)8-18(16,17)6-1-10(15)12-4-2-11-3-5-12/h9,11,13-14H,1-8H2. The Morgan fingerprint density at radius 2 is 1.94 bits per heavy atom. The van der Waals surface area contributed by atoms with Crippen molar-refractivity contribution in [2.45, 2.75) is 12.5 Å². The van der Waals surface area contributed by atoms with Crippen LogP contribution in [0, 0.1) is 0 Å². The summed E-state index contributed by atoms with van der Waals surface area (Å²) in [6.45, 7) is 2.05. The molecule has 0 spiro atoms. The van der Waals surface area contributed by atoms with Gasteiger partial charge in [-0.2, -0.15) is 0 Å². The van der Waals surface area contributed by atoms with Crippen LogP contribution in [0.2, 0.25) is 0 Å². The van der Waals surface area contributed by atoms with E-state index < -0.39 is 28.3 Å². The summed E-state index contributed by atoms with van der Waals surface area (Å²) in [6.07, 6.45) is -1.34. The van der Waals surface area contributed by atoms with E-state index in [2.05, 4.69) is 5.32 Å². The Hall–Kier alpha value is -0.700. The third kappa shape index (κ3) is 5.30. The van der Waals surface area contributed by atoms with Gasteiger partial charge >= 0.3 is 0 Å². The fourth-order valence-electron chi connectivity index (χ4n) is 1.74. The summed E-state index contributed by atoms with van der Waals surface area (Å²) >= 11 is 0. The number of carbonyl (C=O) groups excluding carboxylic acids is 1. The molecule has 1 aliphatic heterocycles. The lowest BCUT2D eigenvalue weighted by molar-refractivity contribution is -0.131. The predicted molar refractivity (Wildman–Crippen MR) is 65.8 cm³/mol. The molecule has 1 heterocycles. The summed E-state index contributed by atoms with van der Waals surface area (Å²) in [5, 5.41) is 20.8. The normalized spacial score (nSPS) is 18.7. The second-order valence-corrected chi connectivity index (χ2v) is 6.56. The van der Waals surface area contributed by atoms with Gasteiger partial charge in [0.15, 0.2) is 9.84 Å². The molecule has 106 valence electrons. The summed E-state index contributed by atoms with van der Waals surface area (Å²) in [5.74, 6) is -0.968. The second kappa shape index (κ2) is 7.03. The molecule has 1 aliphatic rings. The first-order valence-corrected chi connectivity index (χ1v) is 7.74. The lowest BCUT2D eigenvalue weighted by Gasteiger charge is -2.27. The molecule has 1 rings (SSSR count). The number of nitrogens with zero attached hydrogens (tertiary/aromatic N) is 1. The van der Waals surface area contributed by atoms with Gasteiger partial charge in [0.05, 0.1) is 24.2 Å². The zero-order valence-electron chi connectivity index (χ0n) is 10.2. The minimum atomic E-state index is -3.50. The Labute approximate surface area is 107 Å². The molecule has 0 bridgehead atoms. The van der Waals surface area contributed by atoms with E-state index in [1.807, 2.05) is 0 Å². The molecule has 1 atom stereocenters. The quantitative estimate of drug-likeness (QED) is 0.500. The maximum Gasteiger partial charge on any atom is 0.223 e. The van der Waals surface area contributed by atoms with Gasteiger partial charge in [-0.15, -0.1) is 0 Å². The van der Waals surface area contributed by atoms with Crippen LogP contribution in [0.1, 0.15) is 6.42 Å². The fraction of sp³-hybridized carbons (Fsp3) is 0.900. The maximum atomic E-state index is 11.7. The van der Waals surface area contributed by atoms with Crippen molar-refractivity contribution in [2.24, 2.45) is 0 Å². The van der Waals surface area contributed by atoms with Crippen molar-refractivity contribution in [2.75, 3.05) is 44.3 Å². The molecule has 18 heavy (non-hydrogen) atoms. The topological polar surface area (TPSA) is 107 Å². The average molecular weight is 280 g/mol. The second-order valence-electron chi connectivity index (χ2n) is 4.33. The summed E-state index contributed by atoms with van der Waals surface area (Å²) < 4.78 is 23.1. The van der Waals surface area contributed by atoms with Crippen LogP contribution in [-0.2, 0) is 14.6 Å². The monoisotopic (exact) mass is 280 g/mol. The van der Waals surface area contributed by atoms with Gasteiger partial charge in [-0.05, 0) is 0 Å². The summed E-state index contributed by atoms with van der Waals surface area (Å²) in [5.41, 5.74) is 0. The molecule has 0 aromatic carbocycles. The van der Waals surface area contributed by atoms with Crippen LogP contribution >= 0.6 is 0 Å². The Kier molecular flexibility index (Phi) is 6.00. The van der Waals surface area contributed by atoms with Crippen LogP contribution < -0.4 is 5.32 Å². The van der Waals surface area contributed by atoms with E-state index in [1.54, 1.807) is 4.90 Å². The number of sulfone groups is 1. The minimum absolute atomic E-state index is 0.0690. The number of rotatable bonds is 6. The van der Waals surface area contributed by atoms with E-state index in [0.717, 1.165) is 13.1 Å². The van der Waals surface area contributed by atoms with Gasteiger partial charge in [0.2, 0.25) is 5.91 Å². The Balaban J connectivity index is 2.36. The van der Waals surface area contributed by atoms with Crippen molar-refractivity contribution in [3.8, 4) is 0 Å². The lowest BCUT2D eigenvalue weighted by atomic mass is 10.3. The van der Waals surface area contributed by atoms with Crippen molar-refractivity contribution in [1.29, 1.82) is 0 Å². The molecule has 7 nitrogen and oxygen atoms in total. The van der Waals surface area contributed by atoms with E-state index in [-0.39, 0.29) is 18.1 Å². The molecule has 0 aliphatic carbocycles. The smallest absolute Gasteiger partial charge is 0.223 e. The number of hydrogen-bond acceptors (Lipinski definition) is 6. The minimum Gasteiger partial charge on any atom is -0.394 e. The number of aliphatic hydroxyl groups is 2. The molecule has 1 unspecified atom stereocenters. The van der Waals surface area contributed by atoms with E-state index in [1.165, 1.54) is 0 Å². The van der Waals surface area contributed by atoms with Crippen LogP contribution in [0.5, 0.6) is 0 Å². The SMILES string of the molecule is O=C(CCS(=O)(=O)CC(O)CO)N1CCNCC1. The van der Waals surface area contributed by atoms with Gasteiger partial charge < -0.3 is 20.4 Å². The molecule has 0 aromatic rings. The maximum absolute atomic E-state index is 11.7. The predicted octanol–water partition coefficient (Wildman–Crippen LogP) is -2.42. The Morgan fingerprint density at radius 3 is 2.50 bits per heavy atom. The van der Waals surface area contributed by atoms with E-state index in [9.17, 15) is 13.2 Å². The van der Waals surface area contributed by atoms with Crippen molar-refractivity contribution >= 4 is 15.7 Å². The van der Waals surface area contributed by atoms with Crippen molar-refractivity contribution < 1.29 is 23.4 Å². The van der Waals surface area contributed by atoms with Crippen LogP contribution in [0.15, 0.2) is 0 Å². The first-order valence-electron chi connectivity index (χ1n) is 5.92. The first kappa shape index (κ1) is 15.4. The highest BCUT2D eigenvalue weighted by molar-refractivity contribution is 7.91. The van der Waals surface area contributed by atoms with Crippen LogP contribution in [-0.4, -0.2) is 79.8 Å². The van der Waals surface area contributed by atoms with Gasteiger partial charge in [-0.1, -0.05) is 0 Å². The van der Waals surface area contributed by atoms with Gasteiger partial charge in [0.25, 0.3) is 0 Å². The zero-order chi connectivity index (χ0) is 13.6. The molecule has 1 amide bonds. The number of aliphatic hydroxyl groups excluding tert-OH is 2. The van der Waals surface area contributed by atoms with Crippen LogP contribution in [0.3, 0.4) is 0 Å². The van der Waals surface area contributed by atoms with Gasteiger partial charge in [0.1, 0.15) is 0 Å². The highest BCUT2D eigenvalue weighted by Crippen LogP contribution is 2.02. The molecule has 0 aromatic heterocycles. The summed E-state index contributed by atoms with van der Waals surface area (Å²) in [6, 6.07) is 0. The van der Waals surface area contributed by atoms with Gasteiger partial charge in [-0.25, -0.2) is 8.42 Å².